The number of hydrogen-bond donors (Lipinski definition) is 0. The van der Waals surface area contributed by atoms with Crippen LogP contribution in [0.5, 0.6) is 10.9 Å². The van der Waals surface area contributed by atoms with Gasteiger partial charge < -0.3 is 19.1 Å². The van der Waals surface area contributed by atoms with E-state index in [9.17, 15) is 4.79 Å². The predicted molar refractivity (Wildman–Crippen MR) is 125 cm³/mol. The first-order chi connectivity index (χ1) is 16.0. The normalized spacial score (nSPS) is 17.5. The molecule has 3 aromatic rings. The summed E-state index contributed by atoms with van der Waals surface area (Å²) >= 11 is 1.22. The van der Waals surface area contributed by atoms with Crippen molar-refractivity contribution in [1.82, 2.24) is 14.3 Å². The Labute approximate surface area is 197 Å². The van der Waals surface area contributed by atoms with Gasteiger partial charge in [-0.2, -0.15) is 9.36 Å². The van der Waals surface area contributed by atoms with Crippen LogP contribution in [-0.2, 0) is 15.9 Å². The molecule has 2 aromatic carbocycles. The number of carbonyl (C=O) groups is 1. The second kappa shape index (κ2) is 9.21. The van der Waals surface area contributed by atoms with Crippen LogP contribution >= 0.6 is 11.5 Å². The Bertz CT molecular complexity index is 1130. The number of aromatic nitrogens is 2. The molecule has 2 aliphatic rings. The molecule has 7 nitrogen and oxygen atoms in total. The zero-order valence-corrected chi connectivity index (χ0v) is 19.7. The van der Waals surface area contributed by atoms with Crippen molar-refractivity contribution >= 4 is 17.4 Å². The van der Waals surface area contributed by atoms with E-state index < -0.39 is 5.79 Å². The molecule has 3 heterocycles. The number of carbonyl (C=O) groups excluding carboxylic acids is 1. The Morgan fingerprint density at radius 3 is 2.55 bits per heavy atom. The average Bonchev–Trinajstić information content (AvgIpc) is 3.46. The summed E-state index contributed by atoms with van der Waals surface area (Å²) in [5, 5.41) is 0.472. The minimum atomic E-state index is -0.494. The number of hydrogen-bond acceptors (Lipinski definition) is 7. The first-order valence-electron chi connectivity index (χ1n) is 11.2. The maximum absolute atomic E-state index is 13.1. The molecule has 0 bridgehead atoms. The van der Waals surface area contributed by atoms with Gasteiger partial charge in [0.1, 0.15) is 5.75 Å². The molecule has 2 saturated heterocycles. The zero-order chi connectivity index (χ0) is 22.8. The Morgan fingerprint density at radius 1 is 1.09 bits per heavy atom. The average molecular weight is 466 g/mol. The van der Waals surface area contributed by atoms with E-state index in [-0.39, 0.29) is 5.91 Å². The van der Waals surface area contributed by atoms with Gasteiger partial charge in [-0.15, -0.1) is 0 Å². The monoisotopic (exact) mass is 465 g/mol. The third-order valence-corrected chi connectivity index (χ3v) is 6.82. The Balaban J connectivity index is 1.25. The van der Waals surface area contributed by atoms with Crippen LogP contribution < -0.4 is 4.74 Å². The molecule has 1 amide bonds. The molecule has 8 heteroatoms. The molecule has 0 radical (unpaired) electrons. The maximum Gasteiger partial charge on any atom is 0.298 e. The van der Waals surface area contributed by atoms with E-state index in [0.29, 0.717) is 62.1 Å². The molecule has 0 aliphatic carbocycles. The molecular weight excluding hydrogens is 438 g/mol. The summed E-state index contributed by atoms with van der Waals surface area (Å²) in [5.41, 5.74) is 3.92. The fourth-order valence-electron chi connectivity index (χ4n) is 4.20. The number of amides is 1. The number of likely N-dealkylation sites (tertiary alicyclic amines) is 1. The van der Waals surface area contributed by atoms with Gasteiger partial charge >= 0.3 is 0 Å². The van der Waals surface area contributed by atoms with Crippen molar-refractivity contribution in [2.45, 2.75) is 38.9 Å². The van der Waals surface area contributed by atoms with Crippen molar-refractivity contribution in [3.63, 3.8) is 0 Å². The molecule has 2 fully saturated rings. The molecule has 0 saturated carbocycles. The van der Waals surface area contributed by atoms with Crippen LogP contribution in [0.2, 0.25) is 0 Å². The topological polar surface area (TPSA) is 73.8 Å². The van der Waals surface area contributed by atoms with Crippen molar-refractivity contribution in [2.24, 2.45) is 0 Å². The van der Waals surface area contributed by atoms with E-state index in [1.807, 2.05) is 24.0 Å². The minimum absolute atomic E-state index is 0.00924. The van der Waals surface area contributed by atoms with Gasteiger partial charge in [-0.05, 0) is 37.1 Å². The molecule has 5 rings (SSSR count). The number of piperidine rings is 1. The van der Waals surface area contributed by atoms with E-state index in [2.05, 4.69) is 40.5 Å². The second-order valence-corrected chi connectivity index (χ2v) is 9.34. The number of nitrogens with zero attached hydrogens (tertiary/aromatic N) is 3. The Hall–Kier alpha value is -2.81. The highest BCUT2D eigenvalue weighted by Gasteiger charge is 2.40. The van der Waals surface area contributed by atoms with Crippen LogP contribution in [0.1, 0.15) is 45.7 Å². The molecule has 1 spiro atoms. The van der Waals surface area contributed by atoms with Crippen LogP contribution in [0, 0.1) is 13.8 Å². The molecule has 0 atom stereocenters. The fraction of sp³-hybridized carbons (Fsp3) is 0.400. The highest BCUT2D eigenvalue weighted by Crippen LogP contribution is 2.33. The van der Waals surface area contributed by atoms with Crippen LogP contribution in [0.4, 0.5) is 0 Å². The van der Waals surface area contributed by atoms with Gasteiger partial charge in [-0.1, -0.05) is 35.9 Å². The molecular formula is C25H27N3O4S. The summed E-state index contributed by atoms with van der Waals surface area (Å²) in [6.07, 6.45) is 2.05. The van der Waals surface area contributed by atoms with Crippen molar-refractivity contribution < 1.29 is 19.0 Å². The quantitative estimate of drug-likeness (QED) is 0.552. The van der Waals surface area contributed by atoms with Crippen LogP contribution in [0.25, 0.3) is 0 Å². The molecule has 2 aliphatic heterocycles. The molecule has 0 unspecified atom stereocenters. The molecule has 1 aromatic heterocycles. The first kappa shape index (κ1) is 22.0. The van der Waals surface area contributed by atoms with Gasteiger partial charge in [0.25, 0.3) is 11.1 Å². The lowest BCUT2D eigenvalue weighted by molar-refractivity contribution is -0.181. The Kier molecular flexibility index (Phi) is 6.14. The van der Waals surface area contributed by atoms with Crippen LogP contribution in [-0.4, -0.2) is 52.3 Å². The summed E-state index contributed by atoms with van der Waals surface area (Å²) in [6.45, 7) is 6.51. The lowest BCUT2D eigenvalue weighted by Crippen LogP contribution is -2.47. The molecule has 172 valence electrons. The van der Waals surface area contributed by atoms with Gasteiger partial charge in [0.2, 0.25) is 0 Å². The van der Waals surface area contributed by atoms with Crippen LogP contribution in [0.15, 0.2) is 42.5 Å². The molecule has 0 N–H and O–H groups in total. The smallest absolute Gasteiger partial charge is 0.298 e. The predicted octanol–water partition coefficient (Wildman–Crippen LogP) is 4.52. The number of aryl methyl sites for hydroxylation is 2. The van der Waals surface area contributed by atoms with Gasteiger partial charge in [0.05, 0.1) is 13.2 Å². The summed E-state index contributed by atoms with van der Waals surface area (Å²) in [5.74, 6) is 0.842. The van der Waals surface area contributed by atoms with E-state index in [4.69, 9.17) is 14.2 Å². The standard InChI is InChI=1S/C25H27N3O4S/c1-17-3-6-19(7-4-17)15-22-26-24(33-27-22)32-21-16-20(8-5-18(21)2)23(29)28-11-9-25(10-12-28)30-13-14-31-25/h3-8,16H,9-15H2,1-2H3. The summed E-state index contributed by atoms with van der Waals surface area (Å²) < 4.78 is 22.0. The number of rotatable bonds is 5. The van der Waals surface area contributed by atoms with Crippen LogP contribution in [0.3, 0.4) is 0 Å². The maximum atomic E-state index is 13.1. The summed E-state index contributed by atoms with van der Waals surface area (Å²) in [6, 6.07) is 13.9. The Morgan fingerprint density at radius 2 is 1.82 bits per heavy atom. The van der Waals surface area contributed by atoms with E-state index in [1.165, 1.54) is 17.1 Å². The van der Waals surface area contributed by atoms with E-state index in [0.717, 1.165) is 17.0 Å². The summed E-state index contributed by atoms with van der Waals surface area (Å²) in [4.78, 5) is 19.5. The van der Waals surface area contributed by atoms with Crippen molar-refractivity contribution in [3.05, 3.63) is 70.5 Å². The second-order valence-electron chi connectivity index (χ2n) is 8.62. The first-order valence-corrected chi connectivity index (χ1v) is 12.0. The largest absolute Gasteiger partial charge is 0.430 e. The lowest BCUT2D eigenvalue weighted by atomic mass is 10.0. The van der Waals surface area contributed by atoms with Gasteiger partial charge in [-0.3, -0.25) is 4.79 Å². The van der Waals surface area contributed by atoms with E-state index >= 15 is 0 Å². The minimum Gasteiger partial charge on any atom is -0.430 e. The van der Waals surface area contributed by atoms with Crippen molar-refractivity contribution in [1.29, 1.82) is 0 Å². The van der Waals surface area contributed by atoms with Gasteiger partial charge in [0.15, 0.2) is 11.6 Å². The molecule has 33 heavy (non-hydrogen) atoms. The van der Waals surface area contributed by atoms with Gasteiger partial charge in [-0.25, -0.2) is 0 Å². The van der Waals surface area contributed by atoms with Crippen molar-refractivity contribution in [2.75, 3.05) is 26.3 Å². The lowest BCUT2D eigenvalue weighted by Gasteiger charge is -2.37. The third-order valence-electron chi connectivity index (χ3n) is 6.19. The van der Waals surface area contributed by atoms with Gasteiger partial charge in [0, 0.05) is 49.4 Å². The highest BCUT2D eigenvalue weighted by atomic mass is 32.1. The van der Waals surface area contributed by atoms with Crippen molar-refractivity contribution in [3.8, 4) is 10.9 Å². The highest BCUT2D eigenvalue weighted by molar-refractivity contribution is 7.07. The third kappa shape index (κ3) is 4.93. The van der Waals surface area contributed by atoms with E-state index in [1.54, 1.807) is 6.07 Å². The number of benzene rings is 2. The SMILES string of the molecule is Cc1ccc(Cc2nsc(Oc3cc(C(=O)N4CCC5(CC4)OCCO5)ccc3C)n2)cc1. The zero-order valence-electron chi connectivity index (χ0n) is 18.9. The fourth-order valence-corrected chi connectivity index (χ4v) is 4.76. The number of ether oxygens (including phenoxy) is 3. The summed E-state index contributed by atoms with van der Waals surface area (Å²) in [7, 11) is 0.